The molecule has 2 aromatic rings. The fraction of sp³-hybridized carbons (Fsp3) is 0.158. The van der Waals surface area contributed by atoms with Gasteiger partial charge < -0.3 is 18.9 Å². The number of Topliss-reactive ketones (excluding diaryl/α,β-unsaturated/α-hetero) is 1. The van der Waals surface area contributed by atoms with Crippen molar-refractivity contribution in [2.45, 2.75) is 0 Å². The van der Waals surface area contributed by atoms with Crippen LogP contribution in [-0.2, 0) is 0 Å². The van der Waals surface area contributed by atoms with Crippen LogP contribution < -0.4 is 18.9 Å². The van der Waals surface area contributed by atoms with Gasteiger partial charge in [-0.05, 0) is 42.0 Å². The molecule has 0 radical (unpaired) electrons. The van der Waals surface area contributed by atoms with E-state index in [0.717, 1.165) is 0 Å². The Morgan fingerprint density at radius 1 is 1.08 bits per heavy atom. The van der Waals surface area contributed by atoms with E-state index in [9.17, 15) is 10.1 Å². The van der Waals surface area contributed by atoms with Gasteiger partial charge in [-0.15, -0.1) is 0 Å². The number of carbonyl (C=O) groups is 1. The molecule has 3 rings (SSSR count). The van der Waals surface area contributed by atoms with E-state index < -0.39 is 5.78 Å². The number of hydrogen-bond donors (Lipinski definition) is 0. The van der Waals surface area contributed by atoms with Crippen LogP contribution in [0.1, 0.15) is 15.9 Å². The lowest BCUT2D eigenvalue weighted by Gasteiger charge is -2.08. The number of benzene rings is 2. The van der Waals surface area contributed by atoms with Crippen molar-refractivity contribution >= 4 is 11.9 Å². The average molecular weight is 337 g/mol. The maximum atomic E-state index is 12.6. The van der Waals surface area contributed by atoms with Crippen LogP contribution in [0, 0.1) is 11.3 Å². The molecule has 25 heavy (non-hydrogen) atoms. The number of methoxy groups -OCH3 is 2. The van der Waals surface area contributed by atoms with Crippen LogP contribution in [0.25, 0.3) is 6.08 Å². The van der Waals surface area contributed by atoms with Crippen LogP contribution >= 0.6 is 0 Å². The third kappa shape index (κ3) is 3.26. The van der Waals surface area contributed by atoms with Gasteiger partial charge in [-0.3, -0.25) is 4.79 Å². The van der Waals surface area contributed by atoms with Crippen molar-refractivity contribution < 1.29 is 23.7 Å². The van der Waals surface area contributed by atoms with Gasteiger partial charge in [-0.25, -0.2) is 0 Å². The van der Waals surface area contributed by atoms with Crippen LogP contribution in [-0.4, -0.2) is 26.8 Å². The lowest BCUT2D eigenvalue weighted by molar-refractivity contribution is 0.103. The molecule has 0 saturated heterocycles. The first kappa shape index (κ1) is 16.4. The SMILES string of the molecule is COc1ccc(C=C(C#N)C(=O)c2ccc3c(c2)OCO3)cc1OC. The predicted molar refractivity (Wildman–Crippen MR) is 90.0 cm³/mol. The molecule has 0 spiro atoms. The van der Waals surface area contributed by atoms with E-state index >= 15 is 0 Å². The number of hydrogen-bond acceptors (Lipinski definition) is 6. The zero-order valence-corrected chi connectivity index (χ0v) is 13.7. The van der Waals surface area contributed by atoms with Crippen molar-refractivity contribution in [2.24, 2.45) is 0 Å². The van der Waals surface area contributed by atoms with E-state index in [1.165, 1.54) is 20.3 Å². The number of ketones is 1. The molecule has 1 aliphatic heterocycles. The molecule has 0 fully saturated rings. The molecule has 0 atom stereocenters. The molecule has 0 aromatic heterocycles. The Kier molecular flexibility index (Phi) is 4.57. The minimum absolute atomic E-state index is 0.00563. The molecule has 0 aliphatic carbocycles. The molecule has 0 unspecified atom stereocenters. The molecule has 6 heteroatoms. The second-order valence-electron chi connectivity index (χ2n) is 5.18. The van der Waals surface area contributed by atoms with Gasteiger partial charge >= 0.3 is 0 Å². The number of fused-ring (bicyclic) bond motifs is 1. The zero-order chi connectivity index (χ0) is 17.8. The van der Waals surface area contributed by atoms with Gasteiger partial charge in [-0.2, -0.15) is 5.26 Å². The second-order valence-corrected chi connectivity index (χ2v) is 5.18. The minimum Gasteiger partial charge on any atom is -0.493 e. The Bertz CT molecular complexity index is 895. The van der Waals surface area contributed by atoms with E-state index in [1.54, 1.807) is 36.4 Å². The molecule has 0 N–H and O–H groups in total. The number of ether oxygens (including phenoxy) is 4. The maximum absolute atomic E-state index is 12.6. The highest BCUT2D eigenvalue weighted by Gasteiger charge is 2.18. The highest BCUT2D eigenvalue weighted by Crippen LogP contribution is 2.33. The minimum atomic E-state index is -0.393. The number of nitriles is 1. The summed E-state index contributed by atoms with van der Waals surface area (Å²) in [7, 11) is 3.06. The summed E-state index contributed by atoms with van der Waals surface area (Å²) in [6.07, 6.45) is 1.51. The summed E-state index contributed by atoms with van der Waals surface area (Å²) in [6.45, 7) is 0.125. The van der Waals surface area contributed by atoms with Crippen molar-refractivity contribution in [3.63, 3.8) is 0 Å². The Morgan fingerprint density at radius 3 is 2.56 bits per heavy atom. The number of carbonyl (C=O) groups excluding carboxylic acids is 1. The topological polar surface area (TPSA) is 77.8 Å². The summed E-state index contributed by atoms with van der Waals surface area (Å²) in [6, 6.07) is 11.9. The highest BCUT2D eigenvalue weighted by molar-refractivity contribution is 6.14. The molecule has 1 aliphatic rings. The number of rotatable bonds is 5. The molecule has 0 bridgehead atoms. The largest absolute Gasteiger partial charge is 0.493 e. The summed E-state index contributed by atoms with van der Waals surface area (Å²) < 4.78 is 20.9. The van der Waals surface area contributed by atoms with Crippen LogP contribution in [0.15, 0.2) is 42.0 Å². The van der Waals surface area contributed by atoms with Gasteiger partial charge in [0.15, 0.2) is 23.0 Å². The van der Waals surface area contributed by atoms with E-state index in [1.807, 2.05) is 6.07 Å². The van der Waals surface area contributed by atoms with E-state index in [-0.39, 0.29) is 12.4 Å². The molecule has 6 nitrogen and oxygen atoms in total. The predicted octanol–water partition coefficient (Wildman–Crippen LogP) is 3.22. The molecular weight excluding hydrogens is 322 g/mol. The maximum Gasteiger partial charge on any atom is 0.231 e. The monoisotopic (exact) mass is 337 g/mol. The van der Waals surface area contributed by atoms with Gasteiger partial charge in [0.05, 0.1) is 14.2 Å². The highest BCUT2D eigenvalue weighted by atomic mass is 16.7. The summed E-state index contributed by atoms with van der Waals surface area (Å²) in [5, 5.41) is 9.39. The van der Waals surface area contributed by atoms with Crippen molar-refractivity contribution in [3.8, 4) is 29.1 Å². The Labute approximate surface area is 144 Å². The Hall–Kier alpha value is -3.46. The summed E-state index contributed by atoms with van der Waals surface area (Å²) in [5.41, 5.74) is 1.02. The van der Waals surface area contributed by atoms with Crippen molar-refractivity contribution in [3.05, 3.63) is 53.1 Å². The van der Waals surface area contributed by atoms with E-state index in [2.05, 4.69) is 0 Å². The molecule has 126 valence electrons. The fourth-order valence-electron chi connectivity index (χ4n) is 2.45. The Morgan fingerprint density at radius 2 is 1.84 bits per heavy atom. The standard InChI is InChI=1S/C19H15NO5/c1-22-15-5-3-12(8-17(15)23-2)7-14(10-20)19(21)13-4-6-16-18(9-13)25-11-24-16/h3-9H,11H2,1-2H3. The van der Waals surface area contributed by atoms with Crippen molar-refractivity contribution in [1.82, 2.24) is 0 Å². The van der Waals surface area contributed by atoms with E-state index in [0.29, 0.717) is 34.1 Å². The first-order chi connectivity index (χ1) is 12.2. The van der Waals surface area contributed by atoms with Gasteiger partial charge in [-0.1, -0.05) is 6.07 Å². The average Bonchev–Trinajstić information content (AvgIpc) is 3.13. The Balaban J connectivity index is 1.93. The molecule has 2 aromatic carbocycles. The zero-order valence-electron chi connectivity index (χ0n) is 13.7. The van der Waals surface area contributed by atoms with Gasteiger partial charge in [0.2, 0.25) is 12.6 Å². The lowest BCUT2D eigenvalue weighted by Crippen LogP contribution is -2.02. The third-order valence-electron chi connectivity index (χ3n) is 3.72. The van der Waals surface area contributed by atoms with Crippen LogP contribution in [0.2, 0.25) is 0 Å². The lowest BCUT2D eigenvalue weighted by atomic mass is 10.0. The van der Waals surface area contributed by atoms with Gasteiger partial charge in [0, 0.05) is 5.56 Å². The normalized spacial score (nSPS) is 12.4. The van der Waals surface area contributed by atoms with Crippen molar-refractivity contribution in [1.29, 1.82) is 5.26 Å². The van der Waals surface area contributed by atoms with Gasteiger partial charge in [0.25, 0.3) is 0 Å². The number of nitrogens with zero attached hydrogens (tertiary/aromatic N) is 1. The molecular formula is C19H15NO5. The van der Waals surface area contributed by atoms with Crippen LogP contribution in [0.4, 0.5) is 0 Å². The first-order valence-electron chi connectivity index (χ1n) is 7.44. The van der Waals surface area contributed by atoms with E-state index in [4.69, 9.17) is 18.9 Å². The third-order valence-corrected chi connectivity index (χ3v) is 3.72. The molecule has 0 saturated carbocycles. The van der Waals surface area contributed by atoms with Crippen LogP contribution in [0.5, 0.6) is 23.0 Å². The second kappa shape index (κ2) is 6.97. The van der Waals surface area contributed by atoms with Crippen molar-refractivity contribution in [2.75, 3.05) is 21.0 Å². The fourth-order valence-corrected chi connectivity index (χ4v) is 2.45. The quantitative estimate of drug-likeness (QED) is 0.473. The molecule has 0 amide bonds. The smallest absolute Gasteiger partial charge is 0.231 e. The van der Waals surface area contributed by atoms with Crippen LogP contribution in [0.3, 0.4) is 0 Å². The summed E-state index contributed by atoms with van der Waals surface area (Å²) in [4.78, 5) is 12.6. The summed E-state index contributed by atoms with van der Waals surface area (Å²) >= 11 is 0. The molecule has 1 heterocycles. The first-order valence-corrected chi connectivity index (χ1v) is 7.44. The van der Waals surface area contributed by atoms with Gasteiger partial charge in [0.1, 0.15) is 11.6 Å². The number of allylic oxidation sites excluding steroid dienone is 1. The summed E-state index contributed by atoms with van der Waals surface area (Å²) in [5.74, 6) is 1.77.